The number of carbonyl (C=O) groups is 2. The maximum Gasteiger partial charge on any atom is 0.407 e. The van der Waals surface area contributed by atoms with Gasteiger partial charge in [0, 0.05) is 56.9 Å². The predicted octanol–water partition coefficient (Wildman–Crippen LogP) is 3.58. The quantitative estimate of drug-likeness (QED) is 0.418. The summed E-state index contributed by atoms with van der Waals surface area (Å²) in [5.41, 5.74) is -1.17. The van der Waals surface area contributed by atoms with Gasteiger partial charge in [0.25, 0.3) is 0 Å². The van der Waals surface area contributed by atoms with E-state index in [1.54, 1.807) is 6.07 Å². The van der Waals surface area contributed by atoms with Gasteiger partial charge in [0.2, 0.25) is 0 Å². The van der Waals surface area contributed by atoms with E-state index in [4.69, 9.17) is 13.9 Å². The lowest BCUT2D eigenvalue weighted by atomic mass is 9.43. The Morgan fingerprint density at radius 1 is 1.09 bits per heavy atom. The molecule has 0 unspecified atom stereocenters. The second kappa shape index (κ2) is 11.5. The topological polar surface area (TPSA) is 139 Å². The highest BCUT2D eigenvalue weighted by molar-refractivity contribution is 5.67. The van der Waals surface area contributed by atoms with Crippen molar-refractivity contribution in [1.29, 1.82) is 0 Å². The number of hydrogen-bond acceptors (Lipinski definition) is 9. The molecule has 6 rings (SSSR count). The molecule has 10 atom stereocenters. The minimum Gasteiger partial charge on any atom is -0.462 e. The first-order valence-corrected chi connectivity index (χ1v) is 16.3. The van der Waals surface area contributed by atoms with Crippen molar-refractivity contribution in [3.8, 4) is 0 Å². The lowest BCUT2D eigenvalue weighted by Gasteiger charge is -2.63. The van der Waals surface area contributed by atoms with E-state index in [1.807, 2.05) is 0 Å². The number of hydrogen-bond donors (Lipinski definition) is 3. The number of aliphatic hydroxyl groups excluding tert-OH is 1. The molecule has 5 aliphatic rings. The molecular formula is C33H48N2O8. The molecule has 3 N–H and O–H groups in total. The van der Waals surface area contributed by atoms with Gasteiger partial charge in [0.05, 0.1) is 18.0 Å². The van der Waals surface area contributed by atoms with Gasteiger partial charge in [-0.05, 0) is 86.2 Å². The van der Waals surface area contributed by atoms with Crippen LogP contribution in [-0.4, -0.2) is 77.3 Å². The molecule has 1 amide bonds. The van der Waals surface area contributed by atoms with E-state index in [2.05, 4.69) is 24.1 Å². The number of nitrogens with one attached hydrogen (secondary N) is 1. The van der Waals surface area contributed by atoms with Gasteiger partial charge in [-0.3, -0.25) is 9.69 Å². The average molecular weight is 601 g/mol. The molecule has 43 heavy (non-hydrogen) atoms. The van der Waals surface area contributed by atoms with Crippen molar-refractivity contribution in [3.63, 3.8) is 0 Å². The fraction of sp³-hybridized carbons (Fsp3) is 0.788. The summed E-state index contributed by atoms with van der Waals surface area (Å²) in [5.74, 6) is 0.152. The van der Waals surface area contributed by atoms with Crippen LogP contribution in [0.4, 0.5) is 4.79 Å². The summed E-state index contributed by atoms with van der Waals surface area (Å²) in [7, 11) is 0. The van der Waals surface area contributed by atoms with Crippen LogP contribution in [0.25, 0.3) is 0 Å². The number of likely N-dealkylation sites (tertiary alicyclic amines) is 1. The number of nitrogens with zero attached hydrogens (tertiary/aromatic N) is 1. The highest BCUT2D eigenvalue weighted by atomic mass is 16.6. The van der Waals surface area contributed by atoms with Gasteiger partial charge in [-0.2, -0.15) is 0 Å². The SMILES string of the molecule is CC(=O)O[C@H]1C[C@]2(O)[C@@H]3CC[C@@H]4C[C@@H](OC(=O)NCCN5CC[C@@H](O)C5)CC[C@]4(C)[C@H]3CC[C@]2(C)[C@H]1c1ccc(=O)oc1. The lowest BCUT2D eigenvalue weighted by Crippen LogP contribution is -2.62. The molecular weight excluding hydrogens is 552 g/mol. The Labute approximate surface area is 253 Å². The zero-order valence-electron chi connectivity index (χ0n) is 25.8. The summed E-state index contributed by atoms with van der Waals surface area (Å²) in [4.78, 5) is 38.6. The number of ether oxygens (including phenoxy) is 2. The summed E-state index contributed by atoms with van der Waals surface area (Å²) in [6, 6.07) is 3.15. The number of β-amino-alcohol motifs (C(OH)–C–C–N with tert-alkyl or cyclic N) is 1. The summed E-state index contributed by atoms with van der Waals surface area (Å²) in [5, 5.41) is 25.3. The molecule has 0 spiro atoms. The average Bonchev–Trinajstić information content (AvgIpc) is 3.46. The van der Waals surface area contributed by atoms with E-state index >= 15 is 0 Å². The van der Waals surface area contributed by atoms with Crippen LogP contribution in [0.5, 0.6) is 0 Å². The molecule has 1 aliphatic heterocycles. The molecule has 10 heteroatoms. The highest BCUT2D eigenvalue weighted by Crippen LogP contribution is 2.71. The largest absolute Gasteiger partial charge is 0.462 e. The van der Waals surface area contributed by atoms with Gasteiger partial charge < -0.3 is 29.4 Å². The normalized spacial score (nSPS) is 42.4. The van der Waals surface area contributed by atoms with Crippen LogP contribution in [0.15, 0.2) is 27.6 Å². The zero-order chi connectivity index (χ0) is 30.6. The number of amides is 1. The van der Waals surface area contributed by atoms with Crippen molar-refractivity contribution >= 4 is 12.1 Å². The zero-order valence-corrected chi connectivity index (χ0v) is 25.8. The van der Waals surface area contributed by atoms with Crippen molar-refractivity contribution in [2.45, 2.75) is 108 Å². The summed E-state index contributed by atoms with van der Waals surface area (Å²) < 4.78 is 17.0. The first-order chi connectivity index (χ1) is 20.4. The maximum absolute atomic E-state index is 12.7. The fourth-order valence-electron chi connectivity index (χ4n) is 10.3. The van der Waals surface area contributed by atoms with Crippen molar-refractivity contribution in [3.05, 3.63) is 34.4 Å². The Morgan fingerprint density at radius 2 is 1.91 bits per heavy atom. The van der Waals surface area contributed by atoms with E-state index in [-0.39, 0.29) is 41.5 Å². The van der Waals surface area contributed by atoms with Crippen LogP contribution in [-0.2, 0) is 14.3 Å². The molecule has 1 aromatic rings. The molecule has 0 bridgehead atoms. The third-order valence-corrected chi connectivity index (χ3v) is 12.4. The smallest absolute Gasteiger partial charge is 0.407 e. The first kappa shape index (κ1) is 30.6. The lowest BCUT2D eigenvalue weighted by molar-refractivity contribution is -0.205. The van der Waals surface area contributed by atoms with Crippen molar-refractivity contribution in [2.75, 3.05) is 26.2 Å². The van der Waals surface area contributed by atoms with E-state index < -0.39 is 22.7 Å². The Balaban J connectivity index is 1.13. The van der Waals surface area contributed by atoms with Gasteiger partial charge >= 0.3 is 17.7 Å². The van der Waals surface area contributed by atoms with Gasteiger partial charge in [-0.1, -0.05) is 13.8 Å². The van der Waals surface area contributed by atoms with Gasteiger partial charge in [-0.25, -0.2) is 9.59 Å². The fourth-order valence-corrected chi connectivity index (χ4v) is 10.3. The summed E-state index contributed by atoms with van der Waals surface area (Å²) in [6.45, 7) is 8.64. The standard InChI is InChI=1S/C33H48N2O8/c1-20(36)42-27-17-33(40)26-6-5-22-16-24(43-30(39)34-13-15-35-14-10-23(37)18-35)8-11-31(22,2)25(26)9-12-32(33,3)29(27)21-4-7-28(38)41-19-21/h4,7,19,22-27,29,37,40H,5-6,8-18H2,1-3H3,(H,34,39)/t22-,23-,24+,25+,26-,27+,29+,31+,32-,33+/m1/s1. The second-order valence-corrected chi connectivity index (χ2v) is 14.6. The molecule has 4 saturated carbocycles. The molecule has 238 valence electrons. The minimum absolute atomic E-state index is 0.0292. The maximum atomic E-state index is 12.7. The van der Waals surface area contributed by atoms with Gasteiger partial charge in [0.1, 0.15) is 12.2 Å². The predicted molar refractivity (Wildman–Crippen MR) is 157 cm³/mol. The van der Waals surface area contributed by atoms with E-state index in [1.165, 1.54) is 19.3 Å². The third-order valence-electron chi connectivity index (χ3n) is 12.4. The Morgan fingerprint density at radius 3 is 2.60 bits per heavy atom. The minimum atomic E-state index is -1.02. The molecule has 4 aliphatic carbocycles. The summed E-state index contributed by atoms with van der Waals surface area (Å²) >= 11 is 0. The van der Waals surface area contributed by atoms with Crippen LogP contribution in [0.2, 0.25) is 0 Å². The molecule has 0 radical (unpaired) electrons. The van der Waals surface area contributed by atoms with E-state index in [0.717, 1.165) is 63.5 Å². The van der Waals surface area contributed by atoms with Crippen LogP contribution >= 0.6 is 0 Å². The van der Waals surface area contributed by atoms with Crippen molar-refractivity contribution < 1.29 is 33.7 Å². The van der Waals surface area contributed by atoms with Crippen molar-refractivity contribution in [1.82, 2.24) is 10.2 Å². The molecule has 0 aromatic carbocycles. The van der Waals surface area contributed by atoms with Gasteiger partial charge in [-0.15, -0.1) is 0 Å². The molecule has 1 saturated heterocycles. The first-order valence-electron chi connectivity index (χ1n) is 16.3. The Hall–Kier alpha value is -2.43. The van der Waals surface area contributed by atoms with Crippen LogP contribution < -0.4 is 10.9 Å². The number of fused-ring (bicyclic) bond motifs is 5. The van der Waals surface area contributed by atoms with E-state index in [9.17, 15) is 24.6 Å². The number of aliphatic hydroxyl groups is 2. The molecule has 10 nitrogen and oxygen atoms in total. The summed E-state index contributed by atoms with van der Waals surface area (Å²) in [6.07, 6.45) is 7.54. The molecule has 1 aromatic heterocycles. The van der Waals surface area contributed by atoms with Crippen molar-refractivity contribution in [2.24, 2.45) is 28.6 Å². The Kier molecular flexibility index (Phi) is 8.18. The number of esters is 1. The monoisotopic (exact) mass is 600 g/mol. The number of alkyl carbamates (subject to hydrolysis) is 1. The van der Waals surface area contributed by atoms with E-state index in [0.29, 0.717) is 37.9 Å². The van der Waals surface area contributed by atoms with Gasteiger partial charge in [0.15, 0.2) is 0 Å². The molecule has 2 heterocycles. The third kappa shape index (κ3) is 5.41. The highest BCUT2D eigenvalue weighted by Gasteiger charge is 2.70. The van der Waals surface area contributed by atoms with Crippen LogP contribution in [0, 0.1) is 28.6 Å². The number of carbonyl (C=O) groups excluding carboxylic acids is 2. The number of rotatable bonds is 6. The second-order valence-electron chi connectivity index (χ2n) is 14.6. The van der Waals surface area contributed by atoms with Crippen LogP contribution in [0.1, 0.15) is 90.0 Å². The molecule has 5 fully saturated rings. The van der Waals surface area contributed by atoms with Crippen LogP contribution in [0.3, 0.4) is 0 Å². The Bertz CT molecular complexity index is 1250.